The van der Waals surface area contributed by atoms with E-state index in [4.69, 9.17) is 24.7 Å². The summed E-state index contributed by atoms with van der Waals surface area (Å²) in [6.45, 7) is 4.21. The van der Waals surface area contributed by atoms with E-state index in [1.54, 1.807) is 0 Å². The van der Waals surface area contributed by atoms with Gasteiger partial charge in [-0.15, -0.1) is 24.0 Å². The number of benzene rings is 1. The van der Waals surface area contributed by atoms with E-state index < -0.39 is 0 Å². The molecule has 2 aliphatic rings. The minimum absolute atomic E-state index is 0. The third-order valence-corrected chi connectivity index (χ3v) is 3.31. The highest BCUT2D eigenvalue weighted by Crippen LogP contribution is 2.34. The second-order valence-corrected chi connectivity index (χ2v) is 4.70. The number of fused-ring (bicyclic) bond motifs is 1. The molecule has 0 radical (unpaired) electrons. The molecular formula is C14H20IN3O4. The zero-order valence-electron chi connectivity index (χ0n) is 12.2. The maximum atomic E-state index is 5.93. The number of morpholine rings is 1. The lowest BCUT2D eigenvalue weighted by Gasteiger charge is -2.27. The molecular weight excluding hydrogens is 401 g/mol. The Bertz CT molecular complexity index is 521. The van der Waals surface area contributed by atoms with E-state index in [1.165, 1.54) is 0 Å². The molecule has 1 fully saturated rings. The highest BCUT2D eigenvalue weighted by molar-refractivity contribution is 14.0. The van der Waals surface area contributed by atoms with Crippen LogP contribution < -0.4 is 19.9 Å². The number of hydrogen-bond acceptors (Lipinski definition) is 5. The van der Waals surface area contributed by atoms with Crippen molar-refractivity contribution in [2.75, 3.05) is 46.2 Å². The second-order valence-electron chi connectivity index (χ2n) is 4.70. The third kappa shape index (κ3) is 4.29. The van der Waals surface area contributed by atoms with Crippen LogP contribution >= 0.6 is 24.0 Å². The lowest BCUT2D eigenvalue weighted by Crippen LogP contribution is -2.45. The number of guanidine groups is 1. The van der Waals surface area contributed by atoms with Crippen molar-refractivity contribution in [3.05, 3.63) is 18.2 Å². The Labute approximate surface area is 146 Å². The lowest BCUT2D eigenvalue weighted by atomic mass is 10.3. The number of rotatable bonds is 4. The average Bonchev–Trinajstić information content (AvgIpc) is 3.00. The molecule has 7 nitrogen and oxygen atoms in total. The van der Waals surface area contributed by atoms with Crippen molar-refractivity contribution in [2.24, 2.45) is 10.7 Å². The first-order valence-electron chi connectivity index (χ1n) is 6.98. The normalized spacial score (nSPS) is 17.1. The van der Waals surface area contributed by atoms with E-state index in [9.17, 15) is 0 Å². The number of nitrogens with zero attached hydrogens (tertiary/aromatic N) is 2. The van der Waals surface area contributed by atoms with Gasteiger partial charge >= 0.3 is 0 Å². The van der Waals surface area contributed by atoms with E-state index in [2.05, 4.69) is 4.99 Å². The summed E-state index contributed by atoms with van der Waals surface area (Å²) in [4.78, 5) is 6.34. The fourth-order valence-electron chi connectivity index (χ4n) is 2.18. The van der Waals surface area contributed by atoms with Crippen molar-refractivity contribution < 1.29 is 18.9 Å². The molecule has 0 atom stereocenters. The van der Waals surface area contributed by atoms with Gasteiger partial charge in [-0.05, 0) is 12.1 Å². The van der Waals surface area contributed by atoms with Crippen LogP contribution in [-0.4, -0.2) is 57.1 Å². The third-order valence-electron chi connectivity index (χ3n) is 3.31. The summed E-state index contributed by atoms with van der Waals surface area (Å²) in [5, 5.41) is 0. The van der Waals surface area contributed by atoms with Crippen LogP contribution in [0.1, 0.15) is 0 Å². The van der Waals surface area contributed by atoms with Crippen LogP contribution in [0, 0.1) is 0 Å². The van der Waals surface area contributed by atoms with E-state index in [-0.39, 0.29) is 30.8 Å². The minimum Gasteiger partial charge on any atom is -0.492 e. The molecule has 2 heterocycles. The summed E-state index contributed by atoms with van der Waals surface area (Å²) >= 11 is 0. The maximum Gasteiger partial charge on any atom is 0.231 e. The lowest BCUT2D eigenvalue weighted by molar-refractivity contribution is 0.0674. The van der Waals surface area contributed by atoms with Crippen molar-refractivity contribution in [1.29, 1.82) is 0 Å². The van der Waals surface area contributed by atoms with Crippen molar-refractivity contribution in [3.63, 3.8) is 0 Å². The second kappa shape index (κ2) is 8.28. The summed E-state index contributed by atoms with van der Waals surface area (Å²) in [7, 11) is 0. The molecule has 1 aromatic carbocycles. The summed E-state index contributed by atoms with van der Waals surface area (Å²) in [5.41, 5.74) is 5.93. The van der Waals surface area contributed by atoms with Gasteiger partial charge in [0.05, 0.1) is 19.8 Å². The Hall–Kier alpha value is -1.42. The maximum absolute atomic E-state index is 5.93. The van der Waals surface area contributed by atoms with Gasteiger partial charge in [0.2, 0.25) is 6.79 Å². The van der Waals surface area contributed by atoms with Gasteiger partial charge in [-0.25, -0.2) is 4.99 Å². The highest BCUT2D eigenvalue weighted by atomic mass is 127. The van der Waals surface area contributed by atoms with Gasteiger partial charge in [0.25, 0.3) is 0 Å². The molecule has 1 saturated heterocycles. The molecule has 0 unspecified atom stereocenters. The predicted octanol–water partition coefficient (Wildman–Crippen LogP) is 1.06. The van der Waals surface area contributed by atoms with Crippen LogP contribution in [0.2, 0.25) is 0 Å². The molecule has 0 amide bonds. The van der Waals surface area contributed by atoms with Gasteiger partial charge in [-0.2, -0.15) is 0 Å². The van der Waals surface area contributed by atoms with Gasteiger partial charge < -0.3 is 29.6 Å². The number of nitrogens with two attached hydrogens (primary N) is 1. The van der Waals surface area contributed by atoms with Crippen molar-refractivity contribution in [2.45, 2.75) is 0 Å². The topological polar surface area (TPSA) is 78.5 Å². The zero-order chi connectivity index (χ0) is 14.5. The quantitative estimate of drug-likeness (QED) is 0.339. The van der Waals surface area contributed by atoms with Crippen LogP contribution in [0.4, 0.5) is 0 Å². The summed E-state index contributed by atoms with van der Waals surface area (Å²) in [6.07, 6.45) is 0. The van der Waals surface area contributed by atoms with Crippen LogP contribution in [0.15, 0.2) is 23.2 Å². The SMILES string of the molecule is I.NC(=NCCOc1ccc2c(c1)OCO2)N1CCOCC1. The first-order valence-corrected chi connectivity index (χ1v) is 6.98. The Kier molecular flexibility index (Phi) is 6.37. The van der Waals surface area contributed by atoms with Gasteiger partial charge in [-0.3, -0.25) is 0 Å². The monoisotopic (exact) mass is 421 g/mol. The molecule has 0 aromatic heterocycles. The van der Waals surface area contributed by atoms with E-state index in [0.29, 0.717) is 38.1 Å². The van der Waals surface area contributed by atoms with Crippen molar-refractivity contribution in [3.8, 4) is 17.2 Å². The molecule has 0 bridgehead atoms. The Balaban J connectivity index is 0.00000176. The number of aliphatic imine (C=N–C) groups is 1. The summed E-state index contributed by atoms with van der Waals surface area (Å²) in [5.74, 6) is 2.74. The number of ether oxygens (including phenoxy) is 4. The van der Waals surface area contributed by atoms with E-state index in [1.807, 2.05) is 23.1 Å². The fourth-order valence-corrected chi connectivity index (χ4v) is 2.18. The molecule has 8 heteroatoms. The van der Waals surface area contributed by atoms with Crippen LogP contribution in [-0.2, 0) is 4.74 Å². The molecule has 122 valence electrons. The molecule has 2 aliphatic heterocycles. The largest absolute Gasteiger partial charge is 0.492 e. The van der Waals surface area contributed by atoms with Crippen LogP contribution in [0.5, 0.6) is 17.2 Å². The zero-order valence-corrected chi connectivity index (χ0v) is 14.5. The van der Waals surface area contributed by atoms with Crippen molar-refractivity contribution in [1.82, 2.24) is 4.90 Å². The van der Waals surface area contributed by atoms with Crippen LogP contribution in [0.25, 0.3) is 0 Å². The first kappa shape index (κ1) is 16.9. The molecule has 0 saturated carbocycles. The Morgan fingerprint density at radius 1 is 1.23 bits per heavy atom. The number of hydrogen-bond donors (Lipinski definition) is 1. The Morgan fingerprint density at radius 2 is 2.00 bits per heavy atom. The van der Waals surface area contributed by atoms with Crippen LogP contribution in [0.3, 0.4) is 0 Å². The van der Waals surface area contributed by atoms with Crippen molar-refractivity contribution >= 4 is 29.9 Å². The fraction of sp³-hybridized carbons (Fsp3) is 0.500. The van der Waals surface area contributed by atoms with Gasteiger partial charge in [0, 0.05) is 19.2 Å². The molecule has 2 N–H and O–H groups in total. The molecule has 1 aromatic rings. The molecule has 0 aliphatic carbocycles. The smallest absolute Gasteiger partial charge is 0.231 e. The van der Waals surface area contributed by atoms with Gasteiger partial charge in [0.1, 0.15) is 12.4 Å². The average molecular weight is 421 g/mol. The number of halogens is 1. The first-order chi connectivity index (χ1) is 10.3. The Morgan fingerprint density at radius 3 is 2.82 bits per heavy atom. The molecule has 22 heavy (non-hydrogen) atoms. The minimum atomic E-state index is 0. The highest BCUT2D eigenvalue weighted by Gasteiger charge is 2.14. The molecule has 3 rings (SSSR count). The summed E-state index contributed by atoms with van der Waals surface area (Å²) in [6, 6.07) is 5.50. The van der Waals surface area contributed by atoms with E-state index >= 15 is 0 Å². The summed E-state index contributed by atoms with van der Waals surface area (Å²) < 4.78 is 21.4. The standard InChI is InChI=1S/C14H19N3O4.HI/c15-14(17-4-7-18-8-5-17)16-3-6-19-11-1-2-12-13(9-11)21-10-20-12;/h1-2,9H,3-8,10H2,(H2,15,16);1H. The van der Waals surface area contributed by atoms with Gasteiger partial charge in [-0.1, -0.05) is 0 Å². The predicted molar refractivity (Wildman–Crippen MR) is 92.4 cm³/mol. The van der Waals surface area contributed by atoms with Gasteiger partial charge in [0.15, 0.2) is 17.5 Å². The molecule has 0 spiro atoms. The van der Waals surface area contributed by atoms with E-state index in [0.717, 1.165) is 24.6 Å².